The van der Waals surface area contributed by atoms with Gasteiger partial charge in [0.15, 0.2) is 0 Å². The van der Waals surface area contributed by atoms with Crippen LogP contribution in [0.25, 0.3) is 0 Å². The van der Waals surface area contributed by atoms with Gasteiger partial charge in [0.1, 0.15) is 0 Å². The molecule has 0 rings (SSSR count). The van der Waals surface area contributed by atoms with Crippen LogP contribution in [0.5, 0.6) is 0 Å². The summed E-state index contributed by atoms with van der Waals surface area (Å²) in [5.74, 6) is 0. The van der Waals surface area contributed by atoms with Gasteiger partial charge in [-0.15, -0.1) is 6.58 Å². The van der Waals surface area contributed by atoms with E-state index in [1.807, 2.05) is 20.8 Å². The summed E-state index contributed by atoms with van der Waals surface area (Å²) in [6, 6.07) is 0. The van der Waals surface area contributed by atoms with Gasteiger partial charge in [-0.25, -0.2) is 0 Å². The minimum absolute atomic E-state index is 0. The fourth-order valence-electron chi connectivity index (χ4n) is 0.246. The highest BCUT2D eigenvalue weighted by atomic mass is 16.5. The fourth-order valence-corrected chi connectivity index (χ4v) is 0.246. The molecule has 0 aliphatic carbocycles. The van der Waals surface area contributed by atoms with Crippen LogP contribution in [0.2, 0.25) is 0 Å². The lowest BCUT2D eigenvalue weighted by Crippen LogP contribution is -1.85. The first kappa shape index (κ1) is 68.6. The maximum absolute atomic E-state index is 4.70. The molecule has 3 heteroatoms. The summed E-state index contributed by atoms with van der Waals surface area (Å²) in [6.45, 7) is 13.7. The summed E-state index contributed by atoms with van der Waals surface area (Å²) in [5.41, 5.74) is 2.23. The van der Waals surface area contributed by atoms with Crippen molar-refractivity contribution in [1.29, 1.82) is 0 Å². The van der Waals surface area contributed by atoms with E-state index in [4.69, 9.17) is 4.74 Å². The van der Waals surface area contributed by atoms with Crippen molar-refractivity contribution in [3.63, 3.8) is 0 Å². The molecule has 148 valence electrons. The first-order valence-corrected chi connectivity index (χ1v) is 4.89. The summed E-state index contributed by atoms with van der Waals surface area (Å²) >= 11 is 0. The lowest BCUT2D eigenvalue weighted by molar-refractivity contribution is 0.226. The SMILES string of the molecule is C.C.C.C.C.C.C=C(C)C.C=C(C)COC.COC.COC. The van der Waals surface area contributed by atoms with Crippen LogP contribution in [-0.2, 0) is 14.2 Å². The molecule has 0 aromatic heterocycles. The maximum atomic E-state index is 4.70. The maximum Gasteiger partial charge on any atom is 0.0667 e. The average Bonchev–Trinajstić information content (AvgIpc) is 2.04. The zero-order valence-electron chi connectivity index (χ0n) is 12.3. The number of rotatable bonds is 2. The highest BCUT2D eigenvalue weighted by molar-refractivity contribution is 4.86. The standard InChI is InChI=1S/C5H10O.C4H8.2C2H6O.6CH4/c1-5(2)4-6-3;1-4(2)3;2*1-3-2;;;;;;/h1,4H2,2-3H3;1H2,2-3H3;2*1-2H3;6*1H4. The second-order valence-corrected chi connectivity index (χ2v) is 3.41. The molecule has 0 radical (unpaired) electrons. The molecule has 3 nitrogen and oxygen atoms in total. The Balaban J connectivity index is -0.0000000103. The predicted molar refractivity (Wildman–Crippen MR) is 113 cm³/mol. The second-order valence-electron chi connectivity index (χ2n) is 3.41. The van der Waals surface area contributed by atoms with Gasteiger partial charge in [-0.3, -0.25) is 0 Å². The molecule has 0 fully saturated rings. The van der Waals surface area contributed by atoms with Crippen LogP contribution in [0.1, 0.15) is 65.3 Å². The zero-order chi connectivity index (χ0) is 14.0. The third-order valence-electron chi connectivity index (χ3n) is 0.391. The van der Waals surface area contributed by atoms with Crippen molar-refractivity contribution in [3.05, 3.63) is 24.3 Å². The van der Waals surface area contributed by atoms with E-state index in [2.05, 4.69) is 22.6 Å². The molecule has 0 saturated heterocycles. The number of hydrogen-bond acceptors (Lipinski definition) is 3. The van der Waals surface area contributed by atoms with Crippen molar-refractivity contribution in [2.24, 2.45) is 0 Å². The van der Waals surface area contributed by atoms with Gasteiger partial charge in [-0.05, 0) is 20.8 Å². The third-order valence-corrected chi connectivity index (χ3v) is 0.391. The van der Waals surface area contributed by atoms with Gasteiger partial charge < -0.3 is 14.2 Å². The molecule has 0 aliphatic rings. The van der Waals surface area contributed by atoms with E-state index in [1.54, 1.807) is 35.5 Å². The smallest absolute Gasteiger partial charge is 0.0667 e. The van der Waals surface area contributed by atoms with Crippen LogP contribution in [0, 0.1) is 0 Å². The van der Waals surface area contributed by atoms with E-state index in [1.165, 1.54) is 5.57 Å². The molecule has 0 heterocycles. The highest BCUT2D eigenvalue weighted by Crippen LogP contribution is 1.82. The van der Waals surface area contributed by atoms with E-state index in [9.17, 15) is 0 Å². The normalized spacial score (nSPS) is 5.09. The van der Waals surface area contributed by atoms with E-state index in [0.29, 0.717) is 6.61 Å². The summed E-state index contributed by atoms with van der Waals surface area (Å²) < 4.78 is 13.2. The molecule has 0 N–H and O–H groups in total. The number of allylic oxidation sites excluding steroid dienone is 1. The van der Waals surface area contributed by atoms with Crippen LogP contribution in [-0.4, -0.2) is 42.2 Å². The Kier molecular flexibility index (Phi) is 272. The molecular weight excluding hydrogens is 276 g/mol. The monoisotopic (exact) mass is 330 g/mol. The lowest BCUT2D eigenvalue weighted by Gasteiger charge is -1.90. The molecule has 0 bridgehead atoms. The molecule has 0 unspecified atom stereocenters. The van der Waals surface area contributed by atoms with Crippen LogP contribution in [0.15, 0.2) is 24.3 Å². The third kappa shape index (κ3) is 1170. The highest BCUT2D eigenvalue weighted by Gasteiger charge is 1.75. The molecule has 22 heavy (non-hydrogen) atoms. The van der Waals surface area contributed by atoms with Crippen molar-refractivity contribution in [3.8, 4) is 0 Å². The number of methoxy groups -OCH3 is 3. The molecule has 0 aromatic carbocycles. The number of ether oxygens (including phenoxy) is 3. The quantitative estimate of drug-likeness (QED) is 0.504. The van der Waals surface area contributed by atoms with Crippen LogP contribution >= 0.6 is 0 Å². The Labute approximate surface area is 146 Å². The van der Waals surface area contributed by atoms with E-state index < -0.39 is 0 Å². The Bertz CT molecular complexity index is 127. The largest absolute Gasteiger partial charge is 0.388 e. The van der Waals surface area contributed by atoms with Gasteiger partial charge in [0.25, 0.3) is 0 Å². The van der Waals surface area contributed by atoms with Crippen molar-refractivity contribution >= 4 is 0 Å². The minimum Gasteiger partial charge on any atom is -0.388 e. The zero-order valence-corrected chi connectivity index (χ0v) is 12.3. The van der Waals surface area contributed by atoms with Gasteiger partial charge >= 0.3 is 0 Å². The van der Waals surface area contributed by atoms with E-state index in [-0.39, 0.29) is 44.6 Å². The summed E-state index contributed by atoms with van der Waals surface area (Å²) in [4.78, 5) is 0. The second kappa shape index (κ2) is 87.1. The van der Waals surface area contributed by atoms with Crippen molar-refractivity contribution in [2.45, 2.75) is 65.3 Å². The molecule has 0 aliphatic heterocycles. The molecular formula is C19H54O3. The van der Waals surface area contributed by atoms with Crippen molar-refractivity contribution in [1.82, 2.24) is 0 Å². The Morgan fingerprint density at radius 2 is 0.773 bits per heavy atom. The first-order valence-electron chi connectivity index (χ1n) is 4.89. The van der Waals surface area contributed by atoms with Gasteiger partial charge in [0.2, 0.25) is 0 Å². The minimum atomic E-state index is 0. The van der Waals surface area contributed by atoms with Gasteiger partial charge in [0.05, 0.1) is 6.61 Å². The van der Waals surface area contributed by atoms with Crippen LogP contribution in [0.3, 0.4) is 0 Å². The van der Waals surface area contributed by atoms with Crippen molar-refractivity contribution in [2.75, 3.05) is 42.2 Å². The van der Waals surface area contributed by atoms with Gasteiger partial charge in [-0.1, -0.05) is 62.3 Å². The lowest BCUT2D eigenvalue weighted by atomic mass is 10.4. The first-order chi connectivity index (χ1) is 7.33. The van der Waals surface area contributed by atoms with E-state index in [0.717, 1.165) is 5.57 Å². The summed E-state index contributed by atoms with van der Waals surface area (Å²) in [6.07, 6.45) is 0. The predicted octanol–water partition coefficient (Wildman–Crippen LogP) is 7.13. The topological polar surface area (TPSA) is 27.7 Å². The Morgan fingerprint density at radius 3 is 0.773 bits per heavy atom. The Morgan fingerprint density at radius 1 is 0.636 bits per heavy atom. The van der Waals surface area contributed by atoms with E-state index >= 15 is 0 Å². The molecule has 0 saturated carbocycles. The summed E-state index contributed by atoms with van der Waals surface area (Å²) in [7, 11) is 8.16. The van der Waals surface area contributed by atoms with Gasteiger partial charge in [0, 0.05) is 35.5 Å². The average molecular weight is 331 g/mol. The number of hydrogen-bond donors (Lipinski definition) is 0. The van der Waals surface area contributed by atoms with Crippen LogP contribution < -0.4 is 0 Å². The van der Waals surface area contributed by atoms with Gasteiger partial charge in [-0.2, -0.15) is 0 Å². The fraction of sp³-hybridized carbons (Fsp3) is 0.789. The molecule has 0 spiro atoms. The Hall–Kier alpha value is -0.640. The summed E-state index contributed by atoms with van der Waals surface area (Å²) in [5, 5.41) is 0. The van der Waals surface area contributed by atoms with Crippen LogP contribution in [0.4, 0.5) is 0 Å². The van der Waals surface area contributed by atoms with Crippen molar-refractivity contribution < 1.29 is 14.2 Å². The molecule has 0 aromatic rings. The molecule has 0 amide bonds. The molecule has 0 atom stereocenters.